The molecule has 2 aromatic heterocycles. The highest BCUT2D eigenvalue weighted by atomic mass is 32.1. The van der Waals surface area contributed by atoms with E-state index in [0.29, 0.717) is 0 Å². The molecule has 0 aliphatic carbocycles. The van der Waals surface area contributed by atoms with Crippen molar-refractivity contribution in [3.8, 4) is 41.8 Å². The zero-order valence-electron chi connectivity index (χ0n) is 26.0. The molecule has 0 nitrogen and oxygen atoms in total. The summed E-state index contributed by atoms with van der Waals surface area (Å²) in [6.07, 6.45) is 0. The molecule has 10 rings (SSSR count). The lowest BCUT2D eigenvalue weighted by molar-refractivity contribution is 1.73. The Kier molecular flexibility index (Phi) is 6.33. The molecule has 0 aliphatic rings. The number of hydrogen-bond donors (Lipinski definition) is 0. The van der Waals surface area contributed by atoms with Gasteiger partial charge in [0.05, 0.1) is 0 Å². The van der Waals surface area contributed by atoms with Crippen molar-refractivity contribution < 1.29 is 0 Å². The van der Waals surface area contributed by atoms with Crippen LogP contribution in [-0.2, 0) is 0 Å². The molecule has 224 valence electrons. The van der Waals surface area contributed by atoms with Crippen LogP contribution in [-0.4, -0.2) is 0 Å². The Bertz CT molecular complexity index is 2840. The van der Waals surface area contributed by atoms with E-state index in [1.54, 1.807) is 0 Å². The van der Waals surface area contributed by atoms with Crippen molar-refractivity contribution in [1.82, 2.24) is 0 Å². The van der Waals surface area contributed by atoms with Crippen molar-refractivity contribution in [3.05, 3.63) is 170 Å². The summed E-state index contributed by atoms with van der Waals surface area (Å²) in [4.78, 5) is 5.17. The molecule has 0 unspecified atom stereocenters. The van der Waals surface area contributed by atoms with Gasteiger partial charge in [-0.3, -0.25) is 0 Å². The molecule has 10 aromatic rings. The molecule has 2 heterocycles. The van der Waals surface area contributed by atoms with E-state index in [1.807, 2.05) is 22.7 Å². The van der Waals surface area contributed by atoms with Crippen molar-refractivity contribution in [2.75, 3.05) is 0 Å². The zero-order valence-corrected chi connectivity index (χ0v) is 27.6. The van der Waals surface area contributed by atoms with Gasteiger partial charge < -0.3 is 0 Å². The van der Waals surface area contributed by atoms with Gasteiger partial charge in [-0.1, -0.05) is 127 Å². The van der Waals surface area contributed by atoms with E-state index in [2.05, 4.69) is 170 Å². The van der Waals surface area contributed by atoms with Crippen LogP contribution in [0.15, 0.2) is 170 Å². The molecule has 0 saturated heterocycles. The van der Waals surface area contributed by atoms with Crippen LogP contribution in [0.4, 0.5) is 0 Å². The summed E-state index contributed by atoms with van der Waals surface area (Å²) in [5.74, 6) is 0. The lowest BCUT2D eigenvalue weighted by Gasteiger charge is -2.14. The fraction of sp³-hybridized carbons (Fsp3) is 0. The molecule has 0 radical (unpaired) electrons. The smallest absolute Gasteiger partial charge is 0.0355 e. The van der Waals surface area contributed by atoms with Crippen LogP contribution in [0.1, 0.15) is 0 Å². The zero-order chi connectivity index (χ0) is 31.6. The molecule has 0 atom stereocenters. The standard InChI is InChI=1S/C46H28S2/c1-2-13-32-27-40-39(26-31(32)12-1)35-18-9-21-38(45-23-22-43(47-45)36-19-7-14-29-10-3-5-16-33(29)36)41(35)28-42(40)46-25-24-44(48-46)37-20-8-15-30-11-4-6-17-34(30)37/h1-28H. The van der Waals surface area contributed by atoms with E-state index in [0.717, 1.165) is 0 Å². The molecule has 0 N–H and O–H groups in total. The Morgan fingerprint density at radius 3 is 1.17 bits per heavy atom. The molecule has 0 amide bonds. The van der Waals surface area contributed by atoms with Gasteiger partial charge in [-0.15, -0.1) is 22.7 Å². The molecule has 48 heavy (non-hydrogen) atoms. The highest BCUT2D eigenvalue weighted by molar-refractivity contribution is 7.19. The first-order valence-corrected chi connectivity index (χ1v) is 18.0. The molecular weight excluding hydrogens is 617 g/mol. The fourth-order valence-electron chi connectivity index (χ4n) is 7.42. The minimum Gasteiger partial charge on any atom is -0.135 e. The van der Waals surface area contributed by atoms with Crippen LogP contribution < -0.4 is 0 Å². The summed E-state index contributed by atoms with van der Waals surface area (Å²) in [6.45, 7) is 0. The van der Waals surface area contributed by atoms with Gasteiger partial charge in [0.1, 0.15) is 0 Å². The summed E-state index contributed by atoms with van der Waals surface area (Å²) in [5.41, 5.74) is 5.16. The Hall–Kier alpha value is -5.54. The third-order valence-electron chi connectivity index (χ3n) is 9.71. The average Bonchev–Trinajstić information content (AvgIpc) is 3.84. The normalized spacial score (nSPS) is 11.8. The molecule has 2 heteroatoms. The first-order chi connectivity index (χ1) is 23.8. The van der Waals surface area contributed by atoms with Crippen LogP contribution in [0.2, 0.25) is 0 Å². The first-order valence-electron chi connectivity index (χ1n) is 16.3. The maximum absolute atomic E-state index is 2.46. The topological polar surface area (TPSA) is 0 Å². The van der Waals surface area contributed by atoms with Gasteiger partial charge in [-0.05, 0) is 113 Å². The monoisotopic (exact) mass is 644 g/mol. The van der Waals surface area contributed by atoms with Gasteiger partial charge in [0.25, 0.3) is 0 Å². The minimum atomic E-state index is 1.27. The summed E-state index contributed by atoms with van der Waals surface area (Å²) >= 11 is 3.77. The van der Waals surface area contributed by atoms with Gasteiger partial charge in [0, 0.05) is 25.1 Å². The van der Waals surface area contributed by atoms with E-state index in [1.165, 1.54) is 95.6 Å². The number of thiophene rings is 2. The highest BCUT2D eigenvalue weighted by Crippen LogP contribution is 2.46. The van der Waals surface area contributed by atoms with E-state index < -0.39 is 0 Å². The Morgan fingerprint density at radius 1 is 0.229 bits per heavy atom. The van der Waals surface area contributed by atoms with E-state index in [-0.39, 0.29) is 0 Å². The van der Waals surface area contributed by atoms with Crippen LogP contribution >= 0.6 is 22.7 Å². The summed E-state index contributed by atoms with van der Waals surface area (Å²) in [6, 6.07) is 62.7. The summed E-state index contributed by atoms with van der Waals surface area (Å²) in [5, 5.41) is 12.9. The summed E-state index contributed by atoms with van der Waals surface area (Å²) in [7, 11) is 0. The van der Waals surface area contributed by atoms with Gasteiger partial charge in [-0.2, -0.15) is 0 Å². The molecule has 8 aromatic carbocycles. The van der Waals surface area contributed by atoms with Gasteiger partial charge in [-0.25, -0.2) is 0 Å². The van der Waals surface area contributed by atoms with Gasteiger partial charge in [0.2, 0.25) is 0 Å². The fourth-order valence-corrected chi connectivity index (χ4v) is 9.58. The molecule has 0 saturated carbocycles. The lowest BCUT2D eigenvalue weighted by Crippen LogP contribution is -1.86. The lowest BCUT2D eigenvalue weighted by atomic mass is 9.91. The largest absolute Gasteiger partial charge is 0.135 e. The number of benzene rings is 8. The number of fused-ring (bicyclic) bond motifs is 6. The Morgan fingerprint density at radius 2 is 0.604 bits per heavy atom. The second-order valence-electron chi connectivity index (χ2n) is 12.5. The van der Waals surface area contributed by atoms with Crippen molar-refractivity contribution in [1.29, 1.82) is 0 Å². The Labute approximate surface area is 286 Å². The van der Waals surface area contributed by atoms with Crippen molar-refractivity contribution >= 4 is 76.5 Å². The second kappa shape index (κ2) is 11.0. The summed E-state index contributed by atoms with van der Waals surface area (Å²) < 4.78 is 0. The number of hydrogen-bond acceptors (Lipinski definition) is 2. The molecule has 0 bridgehead atoms. The molecule has 0 spiro atoms. The van der Waals surface area contributed by atoms with Crippen LogP contribution in [0, 0.1) is 0 Å². The van der Waals surface area contributed by atoms with E-state index >= 15 is 0 Å². The van der Waals surface area contributed by atoms with E-state index in [9.17, 15) is 0 Å². The quantitative estimate of drug-likeness (QED) is 0.132. The third kappa shape index (κ3) is 4.41. The van der Waals surface area contributed by atoms with Crippen LogP contribution in [0.3, 0.4) is 0 Å². The first kappa shape index (κ1) is 27.6. The molecule has 0 aliphatic heterocycles. The van der Waals surface area contributed by atoms with Gasteiger partial charge >= 0.3 is 0 Å². The maximum Gasteiger partial charge on any atom is 0.0355 e. The van der Waals surface area contributed by atoms with Crippen LogP contribution in [0.25, 0.3) is 95.6 Å². The highest BCUT2D eigenvalue weighted by Gasteiger charge is 2.17. The second-order valence-corrected chi connectivity index (χ2v) is 14.6. The predicted octanol–water partition coefficient (Wildman–Crippen LogP) is 14.2. The minimum absolute atomic E-state index is 1.27. The Balaban J connectivity index is 1.20. The maximum atomic E-state index is 2.46. The SMILES string of the molecule is c1ccc2cc3c(cc2c1)c(-c1ccc(-c2cccc4ccccc24)s1)cc1c(-c2ccc(-c4cccc5ccccc45)s2)cccc13. The number of rotatable bonds is 4. The van der Waals surface area contributed by atoms with Crippen molar-refractivity contribution in [2.45, 2.75) is 0 Å². The van der Waals surface area contributed by atoms with Crippen molar-refractivity contribution in [3.63, 3.8) is 0 Å². The van der Waals surface area contributed by atoms with Crippen molar-refractivity contribution in [2.24, 2.45) is 0 Å². The third-order valence-corrected chi connectivity index (χ3v) is 12.0. The molecule has 0 fully saturated rings. The molecular formula is C46H28S2. The van der Waals surface area contributed by atoms with E-state index in [4.69, 9.17) is 0 Å². The van der Waals surface area contributed by atoms with Gasteiger partial charge in [0.15, 0.2) is 0 Å². The predicted molar refractivity (Wildman–Crippen MR) is 211 cm³/mol. The van der Waals surface area contributed by atoms with Crippen LogP contribution in [0.5, 0.6) is 0 Å². The average molecular weight is 645 g/mol.